The smallest absolute Gasteiger partial charge is 0.181 e. The molecule has 2 heterocycles. The summed E-state index contributed by atoms with van der Waals surface area (Å²) < 4.78 is 5.33. The van der Waals surface area contributed by atoms with Crippen LogP contribution in [0, 0.1) is 0 Å². The van der Waals surface area contributed by atoms with Crippen LogP contribution >= 0.6 is 11.6 Å². The molecule has 0 spiro atoms. The lowest BCUT2D eigenvalue weighted by molar-refractivity contribution is 0.0382. The van der Waals surface area contributed by atoms with E-state index < -0.39 is 0 Å². The third-order valence-corrected chi connectivity index (χ3v) is 3.90. The van der Waals surface area contributed by atoms with Gasteiger partial charge in [0.15, 0.2) is 5.82 Å². The summed E-state index contributed by atoms with van der Waals surface area (Å²) in [5.41, 5.74) is 7.21. The van der Waals surface area contributed by atoms with Gasteiger partial charge in [-0.2, -0.15) is 5.10 Å². The number of halogens is 1. The van der Waals surface area contributed by atoms with Crippen molar-refractivity contribution < 1.29 is 4.74 Å². The van der Waals surface area contributed by atoms with Crippen molar-refractivity contribution in [1.82, 2.24) is 20.1 Å². The zero-order valence-electron chi connectivity index (χ0n) is 11.7. The zero-order chi connectivity index (χ0) is 14.7. The quantitative estimate of drug-likeness (QED) is 0.838. The van der Waals surface area contributed by atoms with E-state index >= 15 is 0 Å². The lowest BCUT2D eigenvalue weighted by Gasteiger charge is -2.25. The Morgan fingerprint density at radius 2 is 2.14 bits per heavy atom. The number of rotatable bonds is 4. The van der Waals surface area contributed by atoms with Crippen molar-refractivity contribution in [2.75, 3.05) is 38.6 Å². The molecule has 0 bridgehead atoms. The highest BCUT2D eigenvalue weighted by Crippen LogP contribution is 2.24. The van der Waals surface area contributed by atoms with Crippen molar-refractivity contribution in [3.8, 4) is 11.4 Å². The highest BCUT2D eigenvalue weighted by Gasteiger charge is 2.12. The maximum absolute atomic E-state index is 5.92. The molecule has 0 amide bonds. The topological polar surface area (TPSA) is 80.1 Å². The highest BCUT2D eigenvalue weighted by molar-refractivity contribution is 6.33. The Kier molecular flexibility index (Phi) is 4.38. The monoisotopic (exact) mass is 307 g/mol. The molecule has 0 radical (unpaired) electrons. The summed E-state index contributed by atoms with van der Waals surface area (Å²) in [6.45, 7) is 4.54. The van der Waals surface area contributed by atoms with Crippen LogP contribution < -0.4 is 5.73 Å². The van der Waals surface area contributed by atoms with E-state index in [4.69, 9.17) is 22.1 Å². The Bertz CT molecular complexity index is 609. The van der Waals surface area contributed by atoms with Crippen molar-refractivity contribution in [2.45, 2.75) is 6.42 Å². The van der Waals surface area contributed by atoms with Gasteiger partial charge in [0.05, 0.1) is 23.9 Å². The van der Waals surface area contributed by atoms with Crippen LogP contribution in [0.1, 0.15) is 5.82 Å². The van der Waals surface area contributed by atoms with Crippen LogP contribution in [-0.2, 0) is 11.2 Å². The predicted octanol–water partition coefficient (Wildman–Crippen LogP) is 1.58. The van der Waals surface area contributed by atoms with Crippen molar-refractivity contribution in [2.24, 2.45) is 0 Å². The van der Waals surface area contributed by atoms with Gasteiger partial charge in [-0.05, 0) is 18.2 Å². The third-order valence-electron chi connectivity index (χ3n) is 3.55. The van der Waals surface area contributed by atoms with Crippen LogP contribution in [0.15, 0.2) is 18.2 Å². The predicted molar refractivity (Wildman–Crippen MR) is 82.2 cm³/mol. The van der Waals surface area contributed by atoms with E-state index in [0.29, 0.717) is 16.5 Å². The van der Waals surface area contributed by atoms with Gasteiger partial charge in [-0.15, -0.1) is 0 Å². The number of nitrogens with zero attached hydrogens (tertiary/aromatic N) is 3. The number of nitrogens with one attached hydrogen (secondary N) is 1. The van der Waals surface area contributed by atoms with Crippen LogP contribution in [0.4, 0.5) is 5.69 Å². The van der Waals surface area contributed by atoms with Gasteiger partial charge in [0.25, 0.3) is 0 Å². The van der Waals surface area contributed by atoms with Gasteiger partial charge in [0.1, 0.15) is 5.82 Å². The Morgan fingerprint density at radius 3 is 2.90 bits per heavy atom. The zero-order valence-corrected chi connectivity index (χ0v) is 12.4. The largest absolute Gasteiger partial charge is 0.398 e. The summed E-state index contributed by atoms with van der Waals surface area (Å²) in [7, 11) is 0. The summed E-state index contributed by atoms with van der Waals surface area (Å²) in [4.78, 5) is 6.88. The Labute approximate surface area is 128 Å². The third kappa shape index (κ3) is 3.53. The van der Waals surface area contributed by atoms with E-state index in [0.717, 1.165) is 50.7 Å². The molecular formula is C14H18ClN5O. The molecule has 1 fully saturated rings. The first-order valence-corrected chi connectivity index (χ1v) is 7.37. The summed E-state index contributed by atoms with van der Waals surface area (Å²) in [5.74, 6) is 1.53. The number of H-pyrrole nitrogens is 1. The standard InChI is InChI=1S/C14H18ClN5O/c15-11-2-1-10(9-12(11)16)14-17-13(18-19-14)3-4-20-5-7-21-8-6-20/h1-2,9H,3-8,16H2,(H,17,18,19). The number of morpholine rings is 1. The number of hydrogen-bond acceptors (Lipinski definition) is 5. The maximum Gasteiger partial charge on any atom is 0.181 e. The van der Waals surface area contributed by atoms with E-state index in [2.05, 4.69) is 20.1 Å². The Hall–Kier alpha value is -1.63. The van der Waals surface area contributed by atoms with Gasteiger partial charge < -0.3 is 10.5 Å². The molecule has 1 aliphatic heterocycles. The number of aromatic nitrogens is 3. The van der Waals surface area contributed by atoms with Gasteiger partial charge in [-0.1, -0.05) is 11.6 Å². The maximum atomic E-state index is 5.92. The molecule has 6 nitrogen and oxygen atoms in total. The van der Waals surface area contributed by atoms with Crippen LogP contribution in [0.3, 0.4) is 0 Å². The summed E-state index contributed by atoms with van der Waals surface area (Å²) >= 11 is 5.92. The van der Waals surface area contributed by atoms with E-state index in [1.165, 1.54) is 0 Å². The first-order valence-electron chi connectivity index (χ1n) is 6.99. The molecule has 1 aromatic heterocycles. The molecule has 3 N–H and O–H groups in total. The second-order valence-electron chi connectivity index (χ2n) is 5.05. The number of nitrogen functional groups attached to an aromatic ring is 1. The van der Waals surface area contributed by atoms with Gasteiger partial charge in [-0.3, -0.25) is 10.00 Å². The molecule has 3 rings (SSSR count). The van der Waals surface area contributed by atoms with Crippen LogP contribution in [0.2, 0.25) is 5.02 Å². The molecule has 7 heteroatoms. The first kappa shape index (κ1) is 14.3. The number of benzene rings is 1. The van der Waals surface area contributed by atoms with E-state index in [9.17, 15) is 0 Å². The Morgan fingerprint density at radius 1 is 1.33 bits per heavy atom. The highest BCUT2D eigenvalue weighted by atomic mass is 35.5. The molecule has 0 aliphatic carbocycles. The summed E-state index contributed by atoms with van der Waals surface area (Å²) in [6, 6.07) is 5.42. The summed E-state index contributed by atoms with van der Waals surface area (Å²) in [5, 5.41) is 7.77. The van der Waals surface area contributed by atoms with E-state index in [1.807, 2.05) is 6.07 Å². The molecule has 1 aromatic carbocycles. The molecule has 1 aliphatic rings. The van der Waals surface area contributed by atoms with Gasteiger partial charge in [0.2, 0.25) is 0 Å². The molecule has 21 heavy (non-hydrogen) atoms. The molecule has 0 saturated carbocycles. The number of anilines is 1. The Balaban J connectivity index is 1.63. The lowest BCUT2D eigenvalue weighted by Crippen LogP contribution is -2.37. The molecule has 0 atom stereocenters. The molecular weight excluding hydrogens is 290 g/mol. The van der Waals surface area contributed by atoms with Crippen molar-refractivity contribution >= 4 is 17.3 Å². The molecule has 2 aromatic rings. The van der Waals surface area contributed by atoms with E-state index in [1.54, 1.807) is 12.1 Å². The van der Waals surface area contributed by atoms with Gasteiger partial charge >= 0.3 is 0 Å². The van der Waals surface area contributed by atoms with Crippen molar-refractivity contribution in [3.05, 3.63) is 29.0 Å². The van der Waals surface area contributed by atoms with Crippen molar-refractivity contribution in [3.63, 3.8) is 0 Å². The molecule has 0 unspecified atom stereocenters. The fraction of sp³-hybridized carbons (Fsp3) is 0.429. The number of nitrogens with two attached hydrogens (primary N) is 1. The second kappa shape index (κ2) is 6.43. The minimum atomic E-state index is 0.536. The van der Waals surface area contributed by atoms with E-state index in [-0.39, 0.29) is 0 Å². The number of ether oxygens (including phenoxy) is 1. The normalized spacial score (nSPS) is 16.2. The second-order valence-corrected chi connectivity index (χ2v) is 5.45. The van der Waals surface area contributed by atoms with Crippen molar-refractivity contribution in [1.29, 1.82) is 0 Å². The number of aromatic amines is 1. The van der Waals surface area contributed by atoms with Gasteiger partial charge in [-0.25, -0.2) is 4.98 Å². The fourth-order valence-corrected chi connectivity index (χ4v) is 2.43. The minimum absolute atomic E-state index is 0.536. The average molecular weight is 308 g/mol. The number of hydrogen-bond donors (Lipinski definition) is 2. The van der Waals surface area contributed by atoms with Crippen LogP contribution in [-0.4, -0.2) is 52.9 Å². The van der Waals surface area contributed by atoms with Crippen LogP contribution in [0.25, 0.3) is 11.4 Å². The SMILES string of the molecule is Nc1cc(-c2n[nH]c(CCN3CCOCC3)n2)ccc1Cl. The molecule has 112 valence electrons. The minimum Gasteiger partial charge on any atom is -0.398 e. The lowest BCUT2D eigenvalue weighted by atomic mass is 10.2. The summed E-state index contributed by atoms with van der Waals surface area (Å²) in [6.07, 6.45) is 0.843. The fourth-order valence-electron chi connectivity index (χ4n) is 2.31. The molecule has 1 saturated heterocycles. The first-order chi connectivity index (χ1) is 10.2. The van der Waals surface area contributed by atoms with Crippen LogP contribution in [0.5, 0.6) is 0 Å². The average Bonchev–Trinajstić information content (AvgIpc) is 2.98. The van der Waals surface area contributed by atoms with Gasteiger partial charge in [0, 0.05) is 31.6 Å².